The first kappa shape index (κ1) is 25.4. The maximum Gasteiger partial charge on any atom is 0.339 e. The molecule has 0 aliphatic heterocycles. The van der Waals surface area contributed by atoms with Crippen molar-refractivity contribution in [2.45, 2.75) is 65.2 Å². The number of rotatable bonds is 13. The van der Waals surface area contributed by atoms with E-state index in [0.717, 1.165) is 47.9 Å². The fourth-order valence-corrected chi connectivity index (χ4v) is 4.11. The molecule has 0 fully saturated rings. The van der Waals surface area contributed by atoms with Crippen LogP contribution in [0.4, 0.5) is 0 Å². The molecule has 2 aromatic heterocycles. The summed E-state index contributed by atoms with van der Waals surface area (Å²) in [5, 5.41) is 19.5. The van der Waals surface area contributed by atoms with Crippen LogP contribution >= 0.6 is 0 Å². The molecule has 2 aromatic carbocycles. The number of aryl methyl sites for hydroxylation is 1. The third kappa shape index (κ3) is 6.73. The summed E-state index contributed by atoms with van der Waals surface area (Å²) in [4.78, 5) is 12.6. The Morgan fingerprint density at radius 3 is 2.69 bits per heavy atom. The van der Waals surface area contributed by atoms with E-state index in [1.807, 2.05) is 49.4 Å². The molecule has 0 radical (unpaired) electrons. The van der Waals surface area contributed by atoms with Crippen molar-refractivity contribution < 1.29 is 19.0 Å². The minimum atomic E-state index is -0.801. The van der Waals surface area contributed by atoms with Crippen LogP contribution in [-0.4, -0.2) is 32.8 Å². The SMILES string of the molecule is CCCCCCc1c(C)c2ccc(OCC(O)Cn3cc(COc4ccccc4)nn3)cc2oc1=O. The Hall–Kier alpha value is -3.65. The second kappa shape index (κ2) is 12.4. The van der Waals surface area contributed by atoms with Crippen molar-refractivity contribution in [1.29, 1.82) is 0 Å². The second-order valence-electron chi connectivity index (χ2n) is 8.96. The Bertz CT molecular complexity index is 1320. The van der Waals surface area contributed by atoms with E-state index in [0.29, 0.717) is 23.6 Å². The van der Waals surface area contributed by atoms with E-state index in [9.17, 15) is 9.90 Å². The molecule has 0 saturated heterocycles. The van der Waals surface area contributed by atoms with Crippen molar-refractivity contribution in [3.63, 3.8) is 0 Å². The van der Waals surface area contributed by atoms with E-state index >= 15 is 0 Å². The van der Waals surface area contributed by atoms with Crippen LogP contribution in [0.1, 0.15) is 49.4 Å². The first-order valence-corrected chi connectivity index (χ1v) is 12.5. The largest absolute Gasteiger partial charge is 0.491 e. The van der Waals surface area contributed by atoms with E-state index in [1.54, 1.807) is 16.9 Å². The summed E-state index contributed by atoms with van der Waals surface area (Å²) in [6.07, 6.45) is 6.09. The van der Waals surface area contributed by atoms with Gasteiger partial charge in [-0.05, 0) is 49.6 Å². The molecule has 0 saturated carbocycles. The molecule has 0 spiro atoms. The zero-order chi connectivity index (χ0) is 25.3. The van der Waals surface area contributed by atoms with Crippen LogP contribution in [0.25, 0.3) is 11.0 Å². The normalized spacial score (nSPS) is 12.1. The maximum atomic E-state index is 12.6. The molecule has 1 atom stereocenters. The number of unbranched alkanes of at least 4 members (excludes halogenated alkanes) is 3. The molecule has 0 bridgehead atoms. The molecule has 0 aliphatic rings. The number of hydrogen-bond donors (Lipinski definition) is 1. The topological polar surface area (TPSA) is 99.6 Å². The highest BCUT2D eigenvalue weighted by Gasteiger charge is 2.13. The third-order valence-electron chi connectivity index (χ3n) is 6.10. The predicted octanol–water partition coefficient (Wildman–Crippen LogP) is 4.83. The highest BCUT2D eigenvalue weighted by molar-refractivity contribution is 5.82. The number of aromatic nitrogens is 3. The van der Waals surface area contributed by atoms with Crippen molar-refractivity contribution in [1.82, 2.24) is 15.0 Å². The molecular weight excluding hydrogens is 458 g/mol. The first-order chi connectivity index (χ1) is 17.5. The van der Waals surface area contributed by atoms with Gasteiger partial charge in [-0.15, -0.1) is 5.10 Å². The molecule has 2 heterocycles. The lowest BCUT2D eigenvalue weighted by atomic mass is 10.0. The van der Waals surface area contributed by atoms with Gasteiger partial charge in [-0.3, -0.25) is 0 Å². The fraction of sp³-hybridized carbons (Fsp3) is 0.393. The highest BCUT2D eigenvalue weighted by Crippen LogP contribution is 2.25. The highest BCUT2D eigenvalue weighted by atomic mass is 16.5. The van der Waals surface area contributed by atoms with E-state index < -0.39 is 6.10 Å². The standard InChI is InChI=1S/C28H33N3O5/c1-3-4-5-9-12-26-20(2)25-14-13-24(15-27(25)36-28(26)33)35-19-22(32)17-31-16-21(29-30-31)18-34-23-10-7-6-8-11-23/h6-8,10-11,13-16,22,32H,3-5,9,12,17-19H2,1-2H3. The van der Waals surface area contributed by atoms with E-state index in [1.165, 1.54) is 6.42 Å². The lowest BCUT2D eigenvalue weighted by Crippen LogP contribution is -2.24. The van der Waals surface area contributed by atoms with Crippen molar-refractivity contribution in [3.05, 3.63) is 82.0 Å². The summed E-state index contributed by atoms with van der Waals surface area (Å²) >= 11 is 0. The molecule has 1 unspecified atom stereocenters. The molecule has 0 aliphatic carbocycles. The Balaban J connectivity index is 1.31. The number of aliphatic hydroxyl groups excluding tert-OH is 1. The molecule has 8 heteroatoms. The minimum Gasteiger partial charge on any atom is -0.491 e. The van der Waals surface area contributed by atoms with Crippen molar-refractivity contribution in [3.8, 4) is 11.5 Å². The summed E-state index contributed by atoms with van der Waals surface area (Å²) in [5.41, 5.74) is 2.58. The smallest absolute Gasteiger partial charge is 0.339 e. The Morgan fingerprint density at radius 1 is 1.06 bits per heavy atom. The Kier molecular flexibility index (Phi) is 8.73. The van der Waals surface area contributed by atoms with Gasteiger partial charge in [0.2, 0.25) is 0 Å². The zero-order valence-corrected chi connectivity index (χ0v) is 20.9. The Labute approximate surface area is 210 Å². The molecule has 4 aromatic rings. The summed E-state index contributed by atoms with van der Waals surface area (Å²) in [6.45, 7) is 4.71. The van der Waals surface area contributed by atoms with Crippen LogP contribution in [0.3, 0.4) is 0 Å². The molecule has 36 heavy (non-hydrogen) atoms. The molecule has 8 nitrogen and oxygen atoms in total. The van der Waals surface area contributed by atoms with Gasteiger partial charge >= 0.3 is 5.63 Å². The number of benzene rings is 2. The van der Waals surface area contributed by atoms with Gasteiger partial charge in [0.15, 0.2) is 0 Å². The number of ether oxygens (including phenoxy) is 2. The van der Waals surface area contributed by atoms with Crippen LogP contribution in [-0.2, 0) is 19.6 Å². The summed E-state index contributed by atoms with van der Waals surface area (Å²) in [7, 11) is 0. The molecular formula is C28H33N3O5. The first-order valence-electron chi connectivity index (χ1n) is 12.5. The van der Waals surface area contributed by atoms with Crippen molar-refractivity contribution in [2.75, 3.05) is 6.61 Å². The van der Waals surface area contributed by atoms with E-state index in [-0.39, 0.29) is 18.8 Å². The van der Waals surface area contributed by atoms with Crippen LogP contribution < -0.4 is 15.1 Å². The monoisotopic (exact) mass is 491 g/mol. The third-order valence-corrected chi connectivity index (χ3v) is 6.10. The second-order valence-corrected chi connectivity index (χ2v) is 8.96. The van der Waals surface area contributed by atoms with Gasteiger partial charge in [0.05, 0.1) is 12.7 Å². The molecule has 4 rings (SSSR count). The van der Waals surface area contributed by atoms with E-state index in [4.69, 9.17) is 13.9 Å². The van der Waals surface area contributed by atoms with Gasteiger partial charge in [-0.25, -0.2) is 9.48 Å². The lowest BCUT2D eigenvalue weighted by molar-refractivity contribution is 0.0888. The van der Waals surface area contributed by atoms with Gasteiger partial charge in [0.1, 0.15) is 42.1 Å². The number of hydrogen-bond acceptors (Lipinski definition) is 7. The number of aliphatic hydroxyl groups is 1. The lowest BCUT2D eigenvalue weighted by Gasteiger charge is -2.13. The van der Waals surface area contributed by atoms with Crippen molar-refractivity contribution in [2.24, 2.45) is 0 Å². The quantitative estimate of drug-likeness (QED) is 0.211. The maximum absolute atomic E-state index is 12.6. The number of fused-ring (bicyclic) bond motifs is 1. The molecule has 190 valence electrons. The summed E-state index contributed by atoms with van der Waals surface area (Å²) in [5.74, 6) is 1.28. The van der Waals surface area contributed by atoms with Gasteiger partial charge < -0.3 is 19.0 Å². The minimum absolute atomic E-state index is 0.0555. The van der Waals surface area contributed by atoms with Crippen molar-refractivity contribution >= 4 is 11.0 Å². The molecule has 0 amide bonds. The van der Waals surface area contributed by atoms with Gasteiger partial charge in [0, 0.05) is 17.0 Å². The van der Waals surface area contributed by atoms with Crippen LogP contribution in [0, 0.1) is 6.92 Å². The van der Waals surface area contributed by atoms with Crippen LogP contribution in [0.2, 0.25) is 0 Å². The molecule has 1 N–H and O–H groups in total. The predicted molar refractivity (Wildman–Crippen MR) is 137 cm³/mol. The fourth-order valence-electron chi connectivity index (χ4n) is 4.11. The summed E-state index contributed by atoms with van der Waals surface area (Å²) in [6, 6.07) is 14.9. The average Bonchev–Trinajstić information content (AvgIpc) is 3.33. The number of nitrogens with zero attached hydrogens (tertiary/aromatic N) is 3. The van der Waals surface area contributed by atoms with E-state index in [2.05, 4.69) is 17.2 Å². The van der Waals surface area contributed by atoms with Gasteiger partial charge in [0.25, 0.3) is 0 Å². The average molecular weight is 492 g/mol. The zero-order valence-electron chi connectivity index (χ0n) is 20.9. The van der Waals surface area contributed by atoms with Gasteiger partial charge in [-0.2, -0.15) is 0 Å². The van der Waals surface area contributed by atoms with Crippen LogP contribution in [0.5, 0.6) is 11.5 Å². The summed E-state index contributed by atoms with van der Waals surface area (Å²) < 4.78 is 18.6. The number of para-hydroxylation sites is 1. The Morgan fingerprint density at radius 2 is 1.89 bits per heavy atom. The van der Waals surface area contributed by atoms with Gasteiger partial charge in [-0.1, -0.05) is 49.6 Å². The van der Waals surface area contributed by atoms with Crippen LogP contribution in [0.15, 0.2) is 63.9 Å².